The van der Waals surface area contributed by atoms with Gasteiger partial charge in [0.25, 0.3) is 0 Å². The zero-order valence-electron chi connectivity index (χ0n) is 10.3. The number of fused-ring (bicyclic) bond motifs is 1. The summed E-state index contributed by atoms with van der Waals surface area (Å²) in [6, 6.07) is 16.1. The molecule has 3 rings (SSSR count). The molecule has 0 aliphatic rings. The van der Waals surface area contributed by atoms with E-state index in [0.29, 0.717) is 0 Å². The zero-order valence-corrected chi connectivity index (χ0v) is 11.9. The van der Waals surface area contributed by atoms with Gasteiger partial charge < -0.3 is 9.52 Å². The summed E-state index contributed by atoms with van der Waals surface area (Å²) in [5.74, 6) is 0.928. The Morgan fingerprint density at radius 2 is 1.79 bits per heavy atom. The second-order valence-corrected chi connectivity index (χ2v) is 5.38. The second-order valence-electron chi connectivity index (χ2n) is 4.53. The molecule has 3 heteroatoms. The van der Waals surface area contributed by atoms with Gasteiger partial charge in [0.2, 0.25) is 0 Å². The van der Waals surface area contributed by atoms with Crippen LogP contribution in [0, 0.1) is 0 Å². The number of furan rings is 1. The minimum atomic E-state index is 0.0355. The van der Waals surface area contributed by atoms with Crippen molar-refractivity contribution < 1.29 is 9.52 Å². The summed E-state index contributed by atoms with van der Waals surface area (Å²) in [6.45, 7) is 0.0355. The Bertz CT molecular complexity index is 701. The van der Waals surface area contributed by atoms with Crippen LogP contribution in [-0.4, -0.2) is 5.11 Å². The van der Waals surface area contributed by atoms with Crippen molar-refractivity contribution in [1.82, 2.24) is 0 Å². The topological polar surface area (TPSA) is 33.4 Å². The van der Waals surface area contributed by atoms with E-state index in [1.165, 1.54) is 5.56 Å². The first-order valence-electron chi connectivity index (χ1n) is 6.12. The molecule has 0 aliphatic heterocycles. The molecule has 0 radical (unpaired) electrons. The first-order chi connectivity index (χ1) is 9.26. The van der Waals surface area contributed by atoms with E-state index in [4.69, 9.17) is 4.42 Å². The van der Waals surface area contributed by atoms with Gasteiger partial charge in [-0.25, -0.2) is 0 Å². The molecule has 96 valence electrons. The molecule has 3 aromatic rings. The van der Waals surface area contributed by atoms with E-state index in [1.807, 2.05) is 36.4 Å². The molecule has 0 unspecified atom stereocenters. The van der Waals surface area contributed by atoms with Gasteiger partial charge in [0, 0.05) is 11.8 Å². The van der Waals surface area contributed by atoms with Crippen LogP contribution in [0.15, 0.2) is 57.4 Å². The predicted octanol–water partition coefficient (Wildman–Crippen LogP) is 4.28. The molecule has 0 bridgehead atoms. The Morgan fingerprint density at radius 3 is 2.53 bits per heavy atom. The molecule has 2 aromatic carbocycles. The van der Waals surface area contributed by atoms with Gasteiger partial charge in [0.05, 0.1) is 11.1 Å². The highest BCUT2D eigenvalue weighted by Crippen LogP contribution is 2.29. The van der Waals surface area contributed by atoms with Gasteiger partial charge in [-0.1, -0.05) is 30.3 Å². The van der Waals surface area contributed by atoms with Crippen LogP contribution in [0.4, 0.5) is 0 Å². The van der Waals surface area contributed by atoms with Crippen LogP contribution in [0.3, 0.4) is 0 Å². The number of rotatable bonds is 3. The van der Waals surface area contributed by atoms with E-state index in [0.717, 1.165) is 33.2 Å². The highest BCUT2D eigenvalue weighted by molar-refractivity contribution is 9.10. The van der Waals surface area contributed by atoms with Gasteiger partial charge in [0.15, 0.2) is 0 Å². The number of aliphatic hydroxyl groups is 1. The first-order valence-corrected chi connectivity index (χ1v) is 6.91. The van der Waals surface area contributed by atoms with Gasteiger partial charge in [-0.3, -0.25) is 0 Å². The lowest BCUT2D eigenvalue weighted by Gasteiger charge is -1.98. The molecule has 0 spiro atoms. The lowest BCUT2D eigenvalue weighted by molar-refractivity contribution is 0.282. The Kier molecular flexibility index (Phi) is 3.40. The van der Waals surface area contributed by atoms with Crippen LogP contribution >= 0.6 is 15.9 Å². The molecular weight excluding hydrogens is 304 g/mol. The summed E-state index contributed by atoms with van der Waals surface area (Å²) in [4.78, 5) is 0. The Balaban J connectivity index is 2.00. The Labute approximate surface area is 119 Å². The minimum Gasteiger partial charge on any atom is -0.460 e. The normalized spacial score (nSPS) is 11.1. The summed E-state index contributed by atoms with van der Waals surface area (Å²) in [7, 11) is 0. The number of hydrogen-bond acceptors (Lipinski definition) is 2. The van der Waals surface area contributed by atoms with Crippen LogP contribution < -0.4 is 0 Å². The van der Waals surface area contributed by atoms with Crippen molar-refractivity contribution in [2.24, 2.45) is 0 Å². The van der Waals surface area contributed by atoms with Crippen LogP contribution in [0.2, 0.25) is 0 Å². The molecule has 19 heavy (non-hydrogen) atoms. The van der Waals surface area contributed by atoms with E-state index in [9.17, 15) is 5.11 Å². The van der Waals surface area contributed by atoms with Gasteiger partial charge in [0.1, 0.15) is 11.3 Å². The molecule has 0 saturated carbocycles. The van der Waals surface area contributed by atoms with Crippen LogP contribution in [0.1, 0.15) is 16.9 Å². The van der Waals surface area contributed by atoms with E-state index < -0.39 is 0 Å². The lowest BCUT2D eigenvalue weighted by Crippen LogP contribution is -1.83. The highest BCUT2D eigenvalue weighted by Gasteiger charge is 2.09. The highest BCUT2D eigenvalue weighted by atomic mass is 79.9. The van der Waals surface area contributed by atoms with E-state index in [2.05, 4.69) is 28.1 Å². The molecule has 0 fully saturated rings. The second kappa shape index (κ2) is 5.19. The maximum absolute atomic E-state index is 9.21. The standard InChI is InChI=1S/C16H13BrO2/c17-15-8-12(10-18)6-13-9-14(19-16(13)15)7-11-4-2-1-3-5-11/h1-6,8-9,18H,7,10H2. The Morgan fingerprint density at radius 1 is 1.00 bits per heavy atom. The third-order valence-electron chi connectivity index (χ3n) is 3.09. The molecule has 0 saturated heterocycles. The zero-order chi connectivity index (χ0) is 13.2. The quantitative estimate of drug-likeness (QED) is 0.782. The summed E-state index contributed by atoms with van der Waals surface area (Å²) < 4.78 is 6.76. The number of hydrogen-bond donors (Lipinski definition) is 1. The van der Waals surface area contributed by atoms with Crippen molar-refractivity contribution in [3.05, 3.63) is 69.9 Å². The molecule has 1 aromatic heterocycles. The maximum Gasteiger partial charge on any atom is 0.148 e. The summed E-state index contributed by atoms with van der Waals surface area (Å²) >= 11 is 3.48. The van der Waals surface area contributed by atoms with Crippen LogP contribution in [0.25, 0.3) is 11.0 Å². The fourth-order valence-electron chi connectivity index (χ4n) is 2.20. The largest absolute Gasteiger partial charge is 0.460 e. The summed E-state index contributed by atoms with van der Waals surface area (Å²) in [5, 5.41) is 10.2. The minimum absolute atomic E-state index is 0.0355. The number of aliphatic hydroxyl groups excluding tert-OH is 1. The van der Waals surface area contributed by atoms with Crippen LogP contribution in [-0.2, 0) is 13.0 Å². The first kappa shape index (κ1) is 12.5. The van der Waals surface area contributed by atoms with Gasteiger partial charge in [-0.05, 0) is 45.3 Å². The Hall–Kier alpha value is -1.58. The number of halogens is 1. The van der Waals surface area contributed by atoms with Crippen molar-refractivity contribution >= 4 is 26.9 Å². The van der Waals surface area contributed by atoms with Crippen LogP contribution in [0.5, 0.6) is 0 Å². The third-order valence-corrected chi connectivity index (χ3v) is 3.67. The molecule has 1 heterocycles. The molecule has 2 nitrogen and oxygen atoms in total. The maximum atomic E-state index is 9.21. The van der Waals surface area contributed by atoms with Crippen molar-refractivity contribution in [2.45, 2.75) is 13.0 Å². The predicted molar refractivity (Wildman–Crippen MR) is 79.1 cm³/mol. The van der Waals surface area contributed by atoms with Gasteiger partial charge in [-0.15, -0.1) is 0 Å². The summed E-state index contributed by atoms with van der Waals surface area (Å²) in [6.07, 6.45) is 0.774. The SMILES string of the molecule is OCc1cc(Br)c2oc(Cc3ccccc3)cc2c1. The fourth-order valence-corrected chi connectivity index (χ4v) is 2.80. The van der Waals surface area contributed by atoms with Crippen molar-refractivity contribution in [3.63, 3.8) is 0 Å². The van der Waals surface area contributed by atoms with Gasteiger partial charge >= 0.3 is 0 Å². The summed E-state index contributed by atoms with van der Waals surface area (Å²) in [5.41, 5.74) is 2.94. The average molecular weight is 317 g/mol. The molecule has 0 aliphatic carbocycles. The van der Waals surface area contributed by atoms with E-state index in [-0.39, 0.29) is 6.61 Å². The van der Waals surface area contributed by atoms with Crippen molar-refractivity contribution in [2.75, 3.05) is 0 Å². The fraction of sp³-hybridized carbons (Fsp3) is 0.125. The van der Waals surface area contributed by atoms with E-state index >= 15 is 0 Å². The van der Waals surface area contributed by atoms with Crippen molar-refractivity contribution in [3.8, 4) is 0 Å². The smallest absolute Gasteiger partial charge is 0.148 e. The van der Waals surface area contributed by atoms with E-state index in [1.54, 1.807) is 0 Å². The lowest BCUT2D eigenvalue weighted by atomic mass is 10.1. The molecular formula is C16H13BrO2. The van der Waals surface area contributed by atoms with Gasteiger partial charge in [-0.2, -0.15) is 0 Å². The molecule has 0 amide bonds. The average Bonchev–Trinajstić information content (AvgIpc) is 2.83. The number of benzene rings is 2. The van der Waals surface area contributed by atoms with Crippen molar-refractivity contribution in [1.29, 1.82) is 0 Å². The monoisotopic (exact) mass is 316 g/mol. The molecule has 0 atom stereocenters. The molecule has 1 N–H and O–H groups in total. The third kappa shape index (κ3) is 2.57.